The fraction of sp³-hybridized carbons (Fsp3) is 0.278. The van der Waals surface area contributed by atoms with Gasteiger partial charge in [0.1, 0.15) is 5.75 Å². The summed E-state index contributed by atoms with van der Waals surface area (Å²) in [6.07, 6.45) is 0. The Labute approximate surface area is 154 Å². The van der Waals surface area contributed by atoms with Crippen LogP contribution in [0.15, 0.2) is 53.4 Å². The van der Waals surface area contributed by atoms with Crippen molar-refractivity contribution >= 4 is 27.3 Å². The number of nitrogens with zero attached hydrogens (tertiary/aromatic N) is 1. The first-order valence-corrected chi connectivity index (χ1v) is 9.71. The summed E-state index contributed by atoms with van der Waals surface area (Å²) in [5, 5.41) is 4.41. The summed E-state index contributed by atoms with van der Waals surface area (Å²) in [7, 11) is -0.541. The first kappa shape index (κ1) is 19.7. The number of nitrogens with one attached hydrogen (secondary N) is 1. The Balaban J connectivity index is 2.44. The summed E-state index contributed by atoms with van der Waals surface area (Å²) in [5.41, 5.74) is 0.904. The topological polar surface area (TPSA) is 92.3 Å². The standard InChI is InChI=1S/C18H23N3O4S/c1-4-21(14-8-6-5-7-9-14)26(23,24)15-10-11-17(25-3)16(12-15)20-18(22)13-19-2/h5-12,19H,4,13H2,1-3H3,(H,20,22)/p+1. The first-order chi connectivity index (χ1) is 12.4. The summed E-state index contributed by atoms with van der Waals surface area (Å²) in [5.74, 6) is 0.159. The molecule has 26 heavy (non-hydrogen) atoms. The fourth-order valence-corrected chi connectivity index (χ4v) is 4.05. The molecule has 140 valence electrons. The van der Waals surface area contributed by atoms with Gasteiger partial charge in [0.05, 0.1) is 30.4 Å². The Bertz CT molecular complexity index is 854. The molecule has 2 aromatic carbocycles. The number of rotatable bonds is 8. The van der Waals surface area contributed by atoms with E-state index in [1.54, 1.807) is 43.6 Å². The molecule has 0 saturated heterocycles. The van der Waals surface area contributed by atoms with Crippen LogP contribution in [0, 0.1) is 0 Å². The predicted octanol–water partition coefficient (Wildman–Crippen LogP) is 1.04. The van der Waals surface area contributed by atoms with Gasteiger partial charge in [-0.2, -0.15) is 0 Å². The molecule has 2 aromatic rings. The minimum atomic E-state index is -3.78. The van der Waals surface area contributed by atoms with Crippen molar-refractivity contribution in [2.45, 2.75) is 11.8 Å². The lowest BCUT2D eigenvalue weighted by molar-refractivity contribution is -0.615. The van der Waals surface area contributed by atoms with Crippen molar-refractivity contribution in [2.24, 2.45) is 0 Å². The molecule has 7 nitrogen and oxygen atoms in total. The van der Waals surface area contributed by atoms with Gasteiger partial charge in [-0.1, -0.05) is 18.2 Å². The average Bonchev–Trinajstić information content (AvgIpc) is 2.63. The van der Waals surface area contributed by atoms with Crippen LogP contribution in [0.3, 0.4) is 0 Å². The van der Waals surface area contributed by atoms with E-state index in [1.807, 2.05) is 6.07 Å². The van der Waals surface area contributed by atoms with E-state index in [0.29, 0.717) is 17.1 Å². The summed E-state index contributed by atoms with van der Waals surface area (Å²) in [6.45, 7) is 2.28. The number of carbonyl (C=O) groups excluding carboxylic acids is 1. The van der Waals surface area contributed by atoms with Crippen LogP contribution in [0.4, 0.5) is 11.4 Å². The van der Waals surface area contributed by atoms with E-state index in [1.165, 1.54) is 29.6 Å². The number of ether oxygens (including phenoxy) is 1. The molecule has 0 radical (unpaired) electrons. The lowest BCUT2D eigenvalue weighted by Crippen LogP contribution is -2.82. The molecular weight excluding hydrogens is 354 g/mol. The number of likely N-dealkylation sites (N-methyl/N-ethyl adjacent to an activating group) is 1. The Kier molecular flexibility index (Phi) is 6.59. The minimum Gasteiger partial charge on any atom is -0.495 e. The van der Waals surface area contributed by atoms with Gasteiger partial charge >= 0.3 is 0 Å². The Morgan fingerprint density at radius 2 is 1.88 bits per heavy atom. The van der Waals surface area contributed by atoms with Crippen molar-refractivity contribution in [1.29, 1.82) is 0 Å². The van der Waals surface area contributed by atoms with Gasteiger partial charge in [-0.15, -0.1) is 0 Å². The number of amides is 1. The van der Waals surface area contributed by atoms with Gasteiger partial charge < -0.3 is 15.4 Å². The van der Waals surface area contributed by atoms with Crippen molar-refractivity contribution < 1.29 is 23.3 Å². The molecule has 0 aliphatic heterocycles. The maximum Gasteiger partial charge on any atom is 0.279 e. The summed E-state index contributed by atoms with van der Waals surface area (Å²) in [4.78, 5) is 12.0. The Morgan fingerprint density at radius 1 is 1.19 bits per heavy atom. The van der Waals surface area contributed by atoms with Gasteiger partial charge in [0.25, 0.3) is 15.9 Å². The normalized spacial score (nSPS) is 11.0. The van der Waals surface area contributed by atoms with E-state index >= 15 is 0 Å². The summed E-state index contributed by atoms with van der Waals surface area (Å²) in [6, 6.07) is 13.3. The van der Waals surface area contributed by atoms with Gasteiger partial charge in [-0.25, -0.2) is 8.42 Å². The number of para-hydroxylation sites is 1. The highest BCUT2D eigenvalue weighted by molar-refractivity contribution is 7.92. The molecule has 0 unspecified atom stereocenters. The van der Waals surface area contributed by atoms with E-state index in [0.717, 1.165) is 0 Å². The highest BCUT2D eigenvalue weighted by atomic mass is 32.2. The van der Waals surface area contributed by atoms with Gasteiger partial charge in [-0.05, 0) is 37.3 Å². The van der Waals surface area contributed by atoms with Crippen LogP contribution in [0.25, 0.3) is 0 Å². The van der Waals surface area contributed by atoms with Crippen LogP contribution < -0.4 is 19.7 Å². The summed E-state index contributed by atoms with van der Waals surface area (Å²) < 4.78 is 32.7. The van der Waals surface area contributed by atoms with Gasteiger partial charge in [0.2, 0.25) is 0 Å². The second kappa shape index (κ2) is 8.68. The number of sulfonamides is 1. The van der Waals surface area contributed by atoms with Crippen molar-refractivity contribution in [3.8, 4) is 5.75 Å². The Hall–Kier alpha value is -2.58. The van der Waals surface area contributed by atoms with Crippen LogP contribution in [0.5, 0.6) is 5.75 Å². The predicted molar refractivity (Wildman–Crippen MR) is 101 cm³/mol. The number of benzene rings is 2. The number of anilines is 2. The minimum absolute atomic E-state index is 0.0831. The molecule has 3 N–H and O–H groups in total. The van der Waals surface area contributed by atoms with Crippen LogP contribution in [-0.2, 0) is 14.8 Å². The maximum absolute atomic E-state index is 13.1. The number of nitrogens with two attached hydrogens (primary N) is 1. The van der Waals surface area contributed by atoms with Gasteiger partial charge in [0.15, 0.2) is 6.54 Å². The molecular formula is C18H24N3O4S+. The van der Waals surface area contributed by atoms with Gasteiger partial charge in [-0.3, -0.25) is 9.10 Å². The zero-order valence-electron chi connectivity index (χ0n) is 15.1. The zero-order valence-corrected chi connectivity index (χ0v) is 15.9. The molecule has 0 atom stereocenters. The molecule has 0 saturated carbocycles. The first-order valence-electron chi connectivity index (χ1n) is 8.27. The van der Waals surface area contributed by atoms with Crippen molar-refractivity contribution in [3.63, 3.8) is 0 Å². The molecule has 2 rings (SSSR count). The average molecular weight is 378 g/mol. The molecule has 1 amide bonds. The van der Waals surface area contributed by atoms with E-state index in [4.69, 9.17) is 4.74 Å². The molecule has 0 aliphatic carbocycles. The third kappa shape index (κ3) is 4.33. The molecule has 0 aromatic heterocycles. The quantitative estimate of drug-likeness (QED) is 0.718. The number of hydrogen-bond acceptors (Lipinski definition) is 4. The van der Waals surface area contributed by atoms with Crippen LogP contribution in [0.2, 0.25) is 0 Å². The number of hydrogen-bond donors (Lipinski definition) is 2. The lowest BCUT2D eigenvalue weighted by Gasteiger charge is -2.23. The third-order valence-electron chi connectivity index (χ3n) is 3.75. The van der Waals surface area contributed by atoms with Crippen molar-refractivity contribution in [2.75, 3.05) is 36.9 Å². The number of quaternary nitrogens is 1. The van der Waals surface area contributed by atoms with E-state index in [2.05, 4.69) is 5.32 Å². The highest BCUT2D eigenvalue weighted by Gasteiger charge is 2.25. The zero-order chi connectivity index (χ0) is 19.2. The van der Waals surface area contributed by atoms with Crippen molar-refractivity contribution in [1.82, 2.24) is 0 Å². The van der Waals surface area contributed by atoms with E-state index in [9.17, 15) is 13.2 Å². The lowest BCUT2D eigenvalue weighted by atomic mass is 10.3. The molecule has 0 fully saturated rings. The SMILES string of the molecule is CCN(c1ccccc1)S(=O)(=O)c1ccc(OC)c(NC(=O)C[NH2+]C)c1. The molecule has 0 bridgehead atoms. The van der Waals surface area contributed by atoms with Gasteiger partial charge in [0, 0.05) is 6.54 Å². The van der Waals surface area contributed by atoms with Crippen molar-refractivity contribution in [3.05, 3.63) is 48.5 Å². The van der Waals surface area contributed by atoms with Crippen LogP contribution in [-0.4, -0.2) is 41.6 Å². The Morgan fingerprint density at radius 3 is 2.46 bits per heavy atom. The van der Waals surface area contributed by atoms with E-state index in [-0.39, 0.29) is 23.9 Å². The smallest absolute Gasteiger partial charge is 0.279 e. The fourth-order valence-electron chi connectivity index (χ4n) is 2.54. The molecule has 0 heterocycles. The van der Waals surface area contributed by atoms with Crippen LogP contribution in [0.1, 0.15) is 6.92 Å². The highest BCUT2D eigenvalue weighted by Crippen LogP contribution is 2.30. The number of carbonyl (C=O) groups is 1. The maximum atomic E-state index is 13.1. The molecule has 0 spiro atoms. The second-order valence-electron chi connectivity index (χ2n) is 5.53. The summed E-state index contributed by atoms with van der Waals surface area (Å²) >= 11 is 0. The monoisotopic (exact) mass is 378 g/mol. The van der Waals surface area contributed by atoms with Crippen LogP contribution >= 0.6 is 0 Å². The third-order valence-corrected chi connectivity index (χ3v) is 5.65. The largest absolute Gasteiger partial charge is 0.495 e. The van der Waals surface area contributed by atoms with E-state index < -0.39 is 10.0 Å². The number of methoxy groups -OCH3 is 1. The second-order valence-corrected chi connectivity index (χ2v) is 7.39. The molecule has 8 heteroatoms. The molecule has 0 aliphatic rings.